The number of rotatable bonds is 6. The summed E-state index contributed by atoms with van der Waals surface area (Å²) in [4.78, 5) is 23.6. The van der Waals surface area contributed by atoms with Gasteiger partial charge in [0.1, 0.15) is 0 Å². The van der Waals surface area contributed by atoms with E-state index in [9.17, 15) is 14.7 Å². The van der Waals surface area contributed by atoms with Crippen molar-refractivity contribution in [1.29, 1.82) is 0 Å². The van der Waals surface area contributed by atoms with Crippen LogP contribution in [0, 0.1) is 19.8 Å². The fourth-order valence-electron chi connectivity index (χ4n) is 2.36. The predicted molar refractivity (Wildman–Crippen MR) is 98.1 cm³/mol. The number of halogens is 1. The van der Waals surface area contributed by atoms with E-state index in [1.807, 2.05) is 50.2 Å². The van der Waals surface area contributed by atoms with Crippen LogP contribution in [0.5, 0.6) is 0 Å². The molecule has 0 saturated heterocycles. The lowest BCUT2D eigenvalue weighted by Crippen LogP contribution is -2.24. The zero-order chi connectivity index (χ0) is 17.7. The Balaban J connectivity index is 2.01. The van der Waals surface area contributed by atoms with Crippen LogP contribution in [0.15, 0.2) is 46.9 Å². The second kappa shape index (κ2) is 8.11. The molecular formula is C19H20BrNO3. The molecule has 0 heterocycles. The van der Waals surface area contributed by atoms with Crippen LogP contribution in [-0.2, 0) is 16.0 Å². The Bertz CT molecular complexity index is 741. The number of benzene rings is 2. The molecule has 0 saturated carbocycles. The molecule has 1 amide bonds. The molecule has 0 aromatic heterocycles. The lowest BCUT2D eigenvalue weighted by atomic mass is 9.95. The van der Waals surface area contributed by atoms with Gasteiger partial charge >= 0.3 is 5.97 Å². The average Bonchev–Trinajstić information content (AvgIpc) is 2.52. The van der Waals surface area contributed by atoms with Gasteiger partial charge in [-0.2, -0.15) is 0 Å². The Hall–Kier alpha value is -2.14. The standard InChI is InChI=1S/C19H20BrNO3/c1-12-3-6-14(7-4-12)9-15(19(23)24)10-18(22)21-16-8-5-13(2)17(20)11-16/h3-8,11,15H,9-10H2,1-2H3,(H,21,22)(H,23,24)/t15-/m0/s1. The summed E-state index contributed by atoms with van der Waals surface area (Å²) in [5.74, 6) is -2.01. The Labute approximate surface area is 150 Å². The fraction of sp³-hybridized carbons (Fsp3) is 0.263. The third kappa shape index (κ3) is 5.20. The molecule has 1 atom stereocenters. The first-order chi connectivity index (χ1) is 11.3. The van der Waals surface area contributed by atoms with E-state index in [2.05, 4.69) is 21.2 Å². The molecule has 0 aliphatic rings. The van der Waals surface area contributed by atoms with E-state index >= 15 is 0 Å². The molecule has 0 spiro atoms. The normalized spacial score (nSPS) is 11.8. The summed E-state index contributed by atoms with van der Waals surface area (Å²) in [5, 5.41) is 12.2. The number of amides is 1. The van der Waals surface area contributed by atoms with Gasteiger partial charge in [-0.25, -0.2) is 0 Å². The van der Waals surface area contributed by atoms with Gasteiger partial charge in [-0.15, -0.1) is 0 Å². The maximum absolute atomic E-state index is 12.2. The number of hydrogen-bond acceptors (Lipinski definition) is 2. The molecule has 24 heavy (non-hydrogen) atoms. The predicted octanol–water partition coefficient (Wildman–Crippen LogP) is 4.34. The lowest BCUT2D eigenvalue weighted by molar-refractivity contribution is -0.143. The number of hydrogen-bond donors (Lipinski definition) is 2. The maximum atomic E-state index is 12.2. The average molecular weight is 390 g/mol. The Kier molecular flexibility index (Phi) is 6.15. The molecular weight excluding hydrogens is 370 g/mol. The van der Waals surface area contributed by atoms with E-state index < -0.39 is 11.9 Å². The summed E-state index contributed by atoms with van der Waals surface area (Å²) in [6.45, 7) is 3.93. The van der Waals surface area contributed by atoms with Crippen LogP contribution in [0.1, 0.15) is 23.1 Å². The summed E-state index contributed by atoms with van der Waals surface area (Å²) in [6, 6.07) is 13.2. The van der Waals surface area contributed by atoms with Crippen molar-refractivity contribution in [3.05, 3.63) is 63.6 Å². The Morgan fingerprint density at radius 1 is 1.12 bits per heavy atom. The fourth-order valence-corrected chi connectivity index (χ4v) is 2.74. The molecule has 126 valence electrons. The molecule has 2 rings (SSSR count). The lowest BCUT2D eigenvalue weighted by Gasteiger charge is -2.13. The minimum atomic E-state index is -0.962. The molecule has 2 aromatic carbocycles. The molecule has 4 nitrogen and oxygen atoms in total. The SMILES string of the molecule is Cc1ccc(C[C@@H](CC(=O)Nc2ccc(C)c(Br)c2)C(=O)O)cc1. The molecule has 0 aliphatic heterocycles. The zero-order valence-electron chi connectivity index (χ0n) is 13.7. The van der Waals surface area contributed by atoms with Crippen molar-refractivity contribution in [2.24, 2.45) is 5.92 Å². The molecule has 2 N–H and O–H groups in total. The first-order valence-corrected chi connectivity index (χ1v) is 8.49. The van der Waals surface area contributed by atoms with Crippen molar-refractivity contribution < 1.29 is 14.7 Å². The quantitative estimate of drug-likeness (QED) is 0.771. The van der Waals surface area contributed by atoms with E-state index in [-0.39, 0.29) is 12.3 Å². The monoisotopic (exact) mass is 389 g/mol. The van der Waals surface area contributed by atoms with Crippen LogP contribution < -0.4 is 5.32 Å². The number of nitrogens with one attached hydrogen (secondary N) is 1. The van der Waals surface area contributed by atoms with E-state index in [0.717, 1.165) is 21.2 Å². The molecule has 2 aromatic rings. The number of aryl methyl sites for hydroxylation is 2. The van der Waals surface area contributed by atoms with Gasteiger partial charge in [0.2, 0.25) is 5.91 Å². The second-order valence-corrected chi connectivity index (χ2v) is 6.80. The first kappa shape index (κ1) is 18.2. The maximum Gasteiger partial charge on any atom is 0.307 e. The van der Waals surface area contributed by atoms with Gasteiger partial charge in [-0.1, -0.05) is 51.8 Å². The van der Waals surface area contributed by atoms with Gasteiger partial charge in [-0.05, 0) is 43.5 Å². The smallest absolute Gasteiger partial charge is 0.307 e. The summed E-state index contributed by atoms with van der Waals surface area (Å²) in [5.41, 5.74) is 3.75. The van der Waals surface area contributed by atoms with E-state index in [0.29, 0.717) is 12.1 Å². The molecule has 0 fully saturated rings. The second-order valence-electron chi connectivity index (χ2n) is 5.94. The summed E-state index contributed by atoms with van der Waals surface area (Å²) < 4.78 is 0.898. The third-order valence-electron chi connectivity index (χ3n) is 3.84. The highest BCUT2D eigenvalue weighted by molar-refractivity contribution is 9.10. The minimum Gasteiger partial charge on any atom is -0.481 e. The van der Waals surface area contributed by atoms with Gasteiger partial charge in [0.05, 0.1) is 5.92 Å². The molecule has 0 unspecified atom stereocenters. The summed E-state index contributed by atoms with van der Waals surface area (Å²) >= 11 is 3.41. The third-order valence-corrected chi connectivity index (χ3v) is 4.69. The van der Waals surface area contributed by atoms with Crippen molar-refractivity contribution in [2.45, 2.75) is 26.7 Å². The highest BCUT2D eigenvalue weighted by Gasteiger charge is 2.22. The van der Waals surface area contributed by atoms with E-state index in [4.69, 9.17) is 0 Å². The van der Waals surface area contributed by atoms with Gasteiger partial charge in [0.25, 0.3) is 0 Å². The minimum absolute atomic E-state index is 0.0608. The first-order valence-electron chi connectivity index (χ1n) is 7.69. The molecule has 0 bridgehead atoms. The van der Waals surface area contributed by atoms with Gasteiger partial charge in [-0.3, -0.25) is 9.59 Å². The summed E-state index contributed by atoms with van der Waals surface area (Å²) in [7, 11) is 0. The molecule has 0 aliphatic carbocycles. The zero-order valence-corrected chi connectivity index (χ0v) is 15.3. The number of aliphatic carboxylic acids is 1. The largest absolute Gasteiger partial charge is 0.481 e. The van der Waals surface area contributed by atoms with Crippen molar-refractivity contribution in [3.8, 4) is 0 Å². The van der Waals surface area contributed by atoms with Crippen molar-refractivity contribution in [2.75, 3.05) is 5.32 Å². The number of carbonyl (C=O) groups is 2. The number of carboxylic acid groups (broad SMARTS) is 1. The van der Waals surface area contributed by atoms with Gasteiger partial charge in [0.15, 0.2) is 0 Å². The van der Waals surface area contributed by atoms with Crippen LogP contribution in [-0.4, -0.2) is 17.0 Å². The number of carboxylic acids is 1. The number of carbonyl (C=O) groups excluding carboxylic acids is 1. The van der Waals surface area contributed by atoms with Crippen LogP contribution in [0.4, 0.5) is 5.69 Å². The van der Waals surface area contributed by atoms with Crippen LogP contribution in [0.25, 0.3) is 0 Å². The van der Waals surface area contributed by atoms with Crippen LogP contribution in [0.2, 0.25) is 0 Å². The van der Waals surface area contributed by atoms with E-state index in [1.54, 1.807) is 6.07 Å². The highest BCUT2D eigenvalue weighted by Crippen LogP contribution is 2.21. The van der Waals surface area contributed by atoms with E-state index in [1.165, 1.54) is 0 Å². The van der Waals surface area contributed by atoms with Crippen LogP contribution in [0.3, 0.4) is 0 Å². The highest BCUT2D eigenvalue weighted by atomic mass is 79.9. The Morgan fingerprint density at radius 3 is 2.38 bits per heavy atom. The van der Waals surface area contributed by atoms with Gasteiger partial charge in [0, 0.05) is 16.6 Å². The number of anilines is 1. The Morgan fingerprint density at radius 2 is 1.79 bits per heavy atom. The van der Waals surface area contributed by atoms with Crippen molar-refractivity contribution >= 4 is 33.5 Å². The topological polar surface area (TPSA) is 66.4 Å². The molecule has 0 radical (unpaired) electrons. The van der Waals surface area contributed by atoms with Crippen molar-refractivity contribution in [3.63, 3.8) is 0 Å². The van der Waals surface area contributed by atoms with Gasteiger partial charge < -0.3 is 10.4 Å². The van der Waals surface area contributed by atoms with Crippen LogP contribution >= 0.6 is 15.9 Å². The summed E-state index contributed by atoms with van der Waals surface area (Å²) in [6.07, 6.45) is 0.273. The van der Waals surface area contributed by atoms with Crippen molar-refractivity contribution in [1.82, 2.24) is 0 Å². The molecule has 5 heteroatoms.